The van der Waals surface area contributed by atoms with E-state index < -0.39 is 10.0 Å². The summed E-state index contributed by atoms with van der Waals surface area (Å²) in [6.07, 6.45) is 1.37. The van der Waals surface area contributed by atoms with Crippen LogP contribution < -0.4 is 4.83 Å². The Morgan fingerprint density at radius 3 is 2.52 bits per heavy atom. The molecule has 0 aliphatic heterocycles. The average molecular weight is 403 g/mol. The number of sulfonamides is 1. The molecule has 0 bridgehead atoms. The summed E-state index contributed by atoms with van der Waals surface area (Å²) >= 11 is 6.41. The number of aromatic nitrogens is 2. The van der Waals surface area contributed by atoms with Crippen LogP contribution in [0.1, 0.15) is 22.4 Å². The molecule has 8 heteroatoms. The summed E-state index contributed by atoms with van der Waals surface area (Å²) in [6, 6.07) is 14.7. The highest BCUT2D eigenvalue weighted by Crippen LogP contribution is 2.22. The highest BCUT2D eigenvalue weighted by molar-refractivity contribution is 7.89. The molecule has 0 unspecified atom stereocenters. The number of rotatable bonds is 5. The average Bonchev–Trinajstić information content (AvgIpc) is 2.92. The number of aryl methyl sites for hydroxylation is 3. The molecule has 27 heavy (non-hydrogen) atoms. The van der Waals surface area contributed by atoms with E-state index in [1.54, 1.807) is 30.7 Å². The zero-order valence-electron chi connectivity index (χ0n) is 15.1. The zero-order valence-corrected chi connectivity index (χ0v) is 16.7. The molecule has 0 saturated carbocycles. The molecule has 1 N–H and O–H groups in total. The van der Waals surface area contributed by atoms with Crippen LogP contribution in [0.5, 0.6) is 0 Å². The van der Waals surface area contributed by atoms with Gasteiger partial charge in [0.1, 0.15) is 5.15 Å². The molecule has 1 aromatic heterocycles. The third kappa shape index (κ3) is 4.04. The van der Waals surface area contributed by atoms with Crippen molar-refractivity contribution in [3.8, 4) is 5.69 Å². The van der Waals surface area contributed by atoms with E-state index in [0.717, 1.165) is 11.3 Å². The Morgan fingerprint density at radius 2 is 1.81 bits per heavy atom. The molecule has 0 amide bonds. The van der Waals surface area contributed by atoms with Crippen molar-refractivity contribution in [2.24, 2.45) is 5.10 Å². The van der Waals surface area contributed by atoms with Gasteiger partial charge < -0.3 is 0 Å². The highest BCUT2D eigenvalue weighted by atomic mass is 35.5. The van der Waals surface area contributed by atoms with Gasteiger partial charge in [0.15, 0.2) is 0 Å². The maximum Gasteiger partial charge on any atom is 0.276 e. The van der Waals surface area contributed by atoms with Gasteiger partial charge in [-0.3, -0.25) is 0 Å². The molecule has 6 nitrogen and oxygen atoms in total. The number of halogens is 1. The summed E-state index contributed by atoms with van der Waals surface area (Å²) in [5.41, 5.74) is 3.49. The van der Waals surface area contributed by atoms with Crippen LogP contribution >= 0.6 is 11.6 Å². The zero-order chi connectivity index (χ0) is 19.6. The lowest BCUT2D eigenvalue weighted by atomic mass is 10.2. The second-order valence-corrected chi connectivity index (χ2v) is 8.15. The first-order valence-corrected chi connectivity index (χ1v) is 10.1. The Kier molecular flexibility index (Phi) is 5.34. The van der Waals surface area contributed by atoms with Gasteiger partial charge in [0.2, 0.25) is 0 Å². The molecule has 0 radical (unpaired) electrons. The molecule has 3 rings (SSSR count). The Morgan fingerprint density at radius 1 is 1.11 bits per heavy atom. The van der Waals surface area contributed by atoms with Crippen LogP contribution in [-0.2, 0) is 10.0 Å². The first kappa shape index (κ1) is 19.1. The Hall–Kier alpha value is -2.64. The molecule has 0 aliphatic rings. The maximum absolute atomic E-state index is 12.5. The van der Waals surface area contributed by atoms with Crippen LogP contribution in [0.3, 0.4) is 0 Å². The number of hydrogen-bond donors (Lipinski definition) is 1. The molecular weight excluding hydrogens is 384 g/mol. The van der Waals surface area contributed by atoms with Crippen molar-refractivity contribution in [2.75, 3.05) is 0 Å². The fourth-order valence-electron chi connectivity index (χ4n) is 2.60. The van der Waals surface area contributed by atoms with Crippen LogP contribution in [0.2, 0.25) is 5.15 Å². The van der Waals surface area contributed by atoms with E-state index in [9.17, 15) is 8.42 Å². The van der Waals surface area contributed by atoms with Gasteiger partial charge in [-0.25, -0.2) is 9.51 Å². The SMILES string of the molecule is Cc1ccc(C)c(S(=O)(=O)N/N=C\c2c(C)nn(-c3ccccc3)c2Cl)c1. The minimum atomic E-state index is -3.77. The van der Waals surface area contributed by atoms with Crippen molar-refractivity contribution >= 4 is 27.8 Å². The largest absolute Gasteiger partial charge is 0.276 e. The summed E-state index contributed by atoms with van der Waals surface area (Å²) in [6.45, 7) is 5.36. The molecule has 2 aromatic carbocycles. The Bertz CT molecular complexity index is 1110. The standard InChI is InChI=1S/C19H19ClN4O2S/c1-13-9-10-14(2)18(11-13)27(25,26)23-21-12-17-15(3)22-24(19(17)20)16-7-5-4-6-8-16/h4-12,23H,1-3H3/b21-12-. The van der Waals surface area contributed by atoms with Gasteiger partial charge in [0.05, 0.1) is 28.1 Å². The highest BCUT2D eigenvalue weighted by Gasteiger charge is 2.17. The van der Waals surface area contributed by atoms with E-state index in [1.807, 2.05) is 43.3 Å². The van der Waals surface area contributed by atoms with Crippen LogP contribution in [0.4, 0.5) is 0 Å². The second-order valence-electron chi connectivity index (χ2n) is 6.16. The molecule has 140 valence electrons. The summed E-state index contributed by atoms with van der Waals surface area (Å²) in [4.78, 5) is 2.44. The number of hydrazone groups is 1. The second kappa shape index (κ2) is 7.54. The van der Waals surface area contributed by atoms with Crippen molar-refractivity contribution in [1.29, 1.82) is 0 Å². The van der Waals surface area contributed by atoms with Gasteiger partial charge in [-0.05, 0) is 50.1 Å². The summed E-state index contributed by atoms with van der Waals surface area (Å²) in [5.74, 6) is 0. The summed E-state index contributed by atoms with van der Waals surface area (Å²) in [7, 11) is -3.77. The summed E-state index contributed by atoms with van der Waals surface area (Å²) < 4.78 is 26.6. The monoisotopic (exact) mass is 402 g/mol. The van der Waals surface area contributed by atoms with Crippen LogP contribution in [0.15, 0.2) is 58.5 Å². The molecule has 1 heterocycles. The molecule has 0 atom stereocenters. The number of para-hydroxylation sites is 1. The van der Waals surface area contributed by atoms with Crippen LogP contribution in [0, 0.1) is 20.8 Å². The van der Waals surface area contributed by atoms with Crippen molar-refractivity contribution < 1.29 is 8.42 Å². The fourth-order valence-corrected chi connectivity index (χ4v) is 4.05. The summed E-state index contributed by atoms with van der Waals surface area (Å²) in [5, 5.41) is 8.64. The van der Waals surface area contributed by atoms with Crippen molar-refractivity contribution in [3.05, 3.63) is 76.1 Å². The van der Waals surface area contributed by atoms with Gasteiger partial charge in [0, 0.05) is 0 Å². The van der Waals surface area contributed by atoms with Crippen LogP contribution in [0.25, 0.3) is 5.69 Å². The number of nitrogens with zero attached hydrogens (tertiary/aromatic N) is 3. The third-order valence-corrected chi connectivity index (χ3v) is 5.78. The molecule has 0 fully saturated rings. The van der Waals surface area contributed by atoms with E-state index in [1.165, 1.54) is 6.21 Å². The minimum absolute atomic E-state index is 0.197. The van der Waals surface area contributed by atoms with Gasteiger partial charge >= 0.3 is 0 Å². The van der Waals surface area contributed by atoms with Gasteiger partial charge in [-0.2, -0.15) is 18.6 Å². The van der Waals surface area contributed by atoms with E-state index in [2.05, 4.69) is 15.0 Å². The van der Waals surface area contributed by atoms with Gasteiger partial charge in [-0.1, -0.05) is 41.9 Å². The van der Waals surface area contributed by atoms with Crippen molar-refractivity contribution in [3.63, 3.8) is 0 Å². The smallest absolute Gasteiger partial charge is 0.221 e. The van der Waals surface area contributed by atoms with E-state index >= 15 is 0 Å². The third-order valence-electron chi connectivity index (χ3n) is 4.05. The Labute approximate surface area is 163 Å². The molecule has 0 saturated heterocycles. The lowest BCUT2D eigenvalue weighted by Gasteiger charge is -2.07. The van der Waals surface area contributed by atoms with Crippen molar-refractivity contribution in [2.45, 2.75) is 25.7 Å². The van der Waals surface area contributed by atoms with E-state index in [0.29, 0.717) is 22.0 Å². The molecule has 0 aliphatic carbocycles. The topological polar surface area (TPSA) is 76.3 Å². The van der Waals surface area contributed by atoms with E-state index in [-0.39, 0.29) is 4.90 Å². The lowest BCUT2D eigenvalue weighted by Crippen LogP contribution is -2.19. The number of hydrogen-bond acceptors (Lipinski definition) is 4. The first-order chi connectivity index (χ1) is 12.8. The predicted molar refractivity (Wildman–Crippen MR) is 107 cm³/mol. The molecule has 3 aromatic rings. The molecular formula is C19H19ClN4O2S. The maximum atomic E-state index is 12.5. The first-order valence-electron chi connectivity index (χ1n) is 8.22. The normalized spacial score (nSPS) is 11.9. The Balaban J connectivity index is 1.87. The fraction of sp³-hybridized carbons (Fsp3) is 0.158. The van der Waals surface area contributed by atoms with Gasteiger partial charge in [-0.15, -0.1) is 0 Å². The number of nitrogens with one attached hydrogen (secondary N) is 1. The predicted octanol–water partition coefficient (Wildman–Crippen LogP) is 3.76. The quantitative estimate of drug-likeness (QED) is 0.521. The van der Waals surface area contributed by atoms with Gasteiger partial charge in [0.25, 0.3) is 10.0 Å². The number of benzene rings is 2. The van der Waals surface area contributed by atoms with Crippen molar-refractivity contribution in [1.82, 2.24) is 14.6 Å². The van der Waals surface area contributed by atoms with Crippen LogP contribution in [-0.4, -0.2) is 24.4 Å². The lowest BCUT2D eigenvalue weighted by molar-refractivity contribution is 0.584. The molecule has 0 spiro atoms. The minimum Gasteiger partial charge on any atom is -0.221 e. The van der Waals surface area contributed by atoms with E-state index in [4.69, 9.17) is 11.6 Å².